The summed E-state index contributed by atoms with van der Waals surface area (Å²) < 4.78 is 5.05. The predicted molar refractivity (Wildman–Crippen MR) is 78.5 cm³/mol. The predicted octanol–water partition coefficient (Wildman–Crippen LogP) is 2.00. The third-order valence-electron chi connectivity index (χ3n) is 2.73. The monoisotopic (exact) mass is 310 g/mol. The van der Waals surface area contributed by atoms with Crippen LogP contribution in [0, 0.1) is 11.3 Å². The lowest BCUT2D eigenvalue weighted by atomic mass is 10.1. The normalized spacial score (nSPS) is 10.7. The van der Waals surface area contributed by atoms with E-state index in [0.29, 0.717) is 5.56 Å². The second-order valence-corrected chi connectivity index (χ2v) is 4.30. The number of esters is 1. The van der Waals surface area contributed by atoms with Crippen LogP contribution in [0.3, 0.4) is 0 Å². The number of nitriles is 1. The van der Waals surface area contributed by atoms with E-state index in [-0.39, 0.29) is 17.2 Å². The van der Waals surface area contributed by atoms with Crippen molar-refractivity contribution >= 4 is 18.0 Å². The first-order valence-corrected chi connectivity index (χ1v) is 6.32. The average molecular weight is 310 g/mol. The van der Waals surface area contributed by atoms with E-state index in [9.17, 15) is 14.7 Å². The largest absolute Gasteiger partial charge is 0.505 e. The second-order valence-electron chi connectivity index (χ2n) is 4.30. The van der Waals surface area contributed by atoms with Crippen LogP contribution >= 0.6 is 0 Å². The second kappa shape index (κ2) is 6.87. The van der Waals surface area contributed by atoms with Crippen LogP contribution in [0.1, 0.15) is 16.1 Å². The fourth-order valence-electron chi connectivity index (χ4n) is 1.65. The average Bonchev–Trinajstić information content (AvgIpc) is 2.54. The molecule has 0 aliphatic rings. The van der Waals surface area contributed by atoms with Gasteiger partial charge in [-0.2, -0.15) is 5.26 Å². The molecular formula is C16H10N2O5. The van der Waals surface area contributed by atoms with Gasteiger partial charge in [0.05, 0.1) is 0 Å². The topological polar surface area (TPSA) is 121 Å². The molecule has 7 nitrogen and oxygen atoms in total. The van der Waals surface area contributed by atoms with Crippen molar-refractivity contribution in [2.75, 3.05) is 0 Å². The minimum Gasteiger partial charge on any atom is -0.505 e. The maximum absolute atomic E-state index is 11.9. The van der Waals surface area contributed by atoms with E-state index in [1.54, 1.807) is 6.07 Å². The fraction of sp³-hybridized carbons (Fsp3) is 0. The van der Waals surface area contributed by atoms with E-state index >= 15 is 0 Å². The molecule has 0 saturated carbocycles. The van der Waals surface area contributed by atoms with Crippen molar-refractivity contribution in [1.29, 1.82) is 5.26 Å². The fourth-order valence-corrected chi connectivity index (χ4v) is 1.65. The molecule has 1 aromatic carbocycles. The Morgan fingerprint density at radius 1 is 1.22 bits per heavy atom. The molecule has 2 rings (SSSR count). The number of carboxylic acid groups (broad SMARTS) is 1. The maximum Gasteiger partial charge on any atom is 0.366 e. The summed E-state index contributed by atoms with van der Waals surface area (Å²) in [5, 5.41) is 27.0. The molecule has 0 spiro atoms. The van der Waals surface area contributed by atoms with Crippen molar-refractivity contribution in [1.82, 2.24) is 4.98 Å². The van der Waals surface area contributed by atoms with Crippen molar-refractivity contribution in [3.8, 4) is 17.6 Å². The van der Waals surface area contributed by atoms with E-state index < -0.39 is 17.5 Å². The minimum atomic E-state index is -1.33. The Hall–Kier alpha value is -3.66. The third kappa shape index (κ3) is 3.92. The zero-order valence-corrected chi connectivity index (χ0v) is 11.6. The lowest BCUT2D eigenvalue weighted by molar-refractivity contribution is -0.132. The molecule has 0 unspecified atom stereocenters. The summed E-state index contributed by atoms with van der Waals surface area (Å²) in [6.45, 7) is 0. The Balaban J connectivity index is 2.15. The molecular weight excluding hydrogens is 300 g/mol. The zero-order valence-electron chi connectivity index (χ0n) is 11.6. The highest BCUT2D eigenvalue weighted by atomic mass is 16.5. The summed E-state index contributed by atoms with van der Waals surface area (Å²) in [5.41, 5.74) is -0.160. The number of benzene rings is 1. The van der Waals surface area contributed by atoms with Gasteiger partial charge in [0, 0.05) is 6.20 Å². The van der Waals surface area contributed by atoms with Gasteiger partial charge in [0.2, 0.25) is 0 Å². The van der Waals surface area contributed by atoms with Gasteiger partial charge in [0.15, 0.2) is 5.69 Å². The van der Waals surface area contributed by atoms with Gasteiger partial charge < -0.3 is 14.9 Å². The van der Waals surface area contributed by atoms with E-state index in [1.165, 1.54) is 48.7 Å². The number of aromatic nitrogens is 1. The lowest BCUT2D eigenvalue weighted by Gasteiger charge is -2.05. The number of hydrogen-bond donors (Lipinski definition) is 2. The first kappa shape index (κ1) is 15.7. The van der Waals surface area contributed by atoms with Crippen molar-refractivity contribution in [3.05, 3.63) is 59.4 Å². The van der Waals surface area contributed by atoms with Gasteiger partial charge in [0.25, 0.3) is 0 Å². The number of aliphatic carboxylic acids is 1. The Bertz CT molecular complexity index is 819. The Labute approximate surface area is 130 Å². The summed E-state index contributed by atoms with van der Waals surface area (Å²) in [4.78, 5) is 26.3. The van der Waals surface area contributed by atoms with Crippen LogP contribution in [0.5, 0.6) is 11.5 Å². The van der Waals surface area contributed by atoms with Gasteiger partial charge in [-0.05, 0) is 35.9 Å². The molecule has 1 heterocycles. The van der Waals surface area contributed by atoms with Crippen LogP contribution in [-0.2, 0) is 4.79 Å². The van der Waals surface area contributed by atoms with E-state index in [0.717, 1.165) is 0 Å². The van der Waals surface area contributed by atoms with Gasteiger partial charge in [0.1, 0.15) is 23.1 Å². The highest BCUT2D eigenvalue weighted by Crippen LogP contribution is 2.18. The maximum atomic E-state index is 11.9. The number of carboxylic acids is 1. The molecule has 7 heteroatoms. The molecule has 0 aliphatic carbocycles. The number of carbonyl (C=O) groups excluding carboxylic acids is 1. The summed E-state index contributed by atoms with van der Waals surface area (Å²) in [5.74, 6) is -2.26. The van der Waals surface area contributed by atoms with E-state index in [1.807, 2.05) is 0 Å². The molecule has 114 valence electrons. The van der Waals surface area contributed by atoms with Gasteiger partial charge in [-0.1, -0.05) is 12.1 Å². The SMILES string of the molecule is N#CC(=Cc1ccc(OC(=O)c2ncccc2O)cc1)C(=O)O. The van der Waals surface area contributed by atoms with E-state index in [2.05, 4.69) is 4.98 Å². The van der Waals surface area contributed by atoms with Crippen LogP contribution in [-0.4, -0.2) is 27.1 Å². The highest BCUT2D eigenvalue weighted by Gasteiger charge is 2.14. The number of ether oxygens (including phenoxy) is 1. The number of rotatable bonds is 4. The quantitative estimate of drug-likeness (QED) is 0.383. The lowest BCUT2D eigenvalue weighted by Crippen LogP contribution is -2.10. The molecule has 0 aliphatic heterocycles. The number of aromatic hydroxyl groups is 1. The van der Waals surface area contributed by atoms with Crippen LogP contribution in [0.25, 0.3) is 6.08 Å². The Morgan fingerprint density at radius 2 is 1.91 bits per heavy atom. The molecule has 0 radical (unpaired) electrons. The smallest absolute Gasteiger partial charge is 0.366 e. The van der Waals surface area contributed by atoms with Crippen LogP contribution < -0.4 is 4.74 Å². The summed E-state index contributed by atoms with van der Waals surface area (Å²) in [7, 11) is 0. The number of pyridine rings is 1. The first-order valence-electron chi connectivity index (χ1n) is 6.32. The van der Waals surface area contributed by atoms with E-state index in [4.69, 9.17) is 15.1 Å². The number of carbonyl (C=O) groups is 2. The summed E-state index contributed by atoms with van der Waals surface area (Å²) >= 11 is 0. The van der Waals surface area contributed by atoms with Crippen molar-refractivity contribution in [2.24, 2.45) is 0 Å². The number of nitrogens with zero attached hydrogens (tertiary/aromatic N) is 2. The van der Waals surface area contributed by atoms with Crippen LogP contribution in [0.15, 0.2) is 48.2 Å². The summed E-state index contributed by atoms with van der Waals surface area (Å²) in [6.07, 6.45) is 2.54. The van der Waals surface area contributed by atoms with Gasteiger partial charge in [-0.15, -0.1) is 0 Å². The van der Waals surface area contributed by atoms with Gasteiger partial charge >= 0.3 is 11.9 Å². The van der Waals surface area contributed by atoms with Crippen LogP contribution in [0.4, 0.5) is 0 Å². The van der Waals surface area contributed by atoms with Crippen molar-refractivity contribution in [3.63, 3.8) is 0 Å². The molecule has 0 amide bonds. The van der Waals surface area contributed by atoms with Crippen LogP contribution in [0.2, 0.25) is 0 Å². The molecule has 23 heavy (non-hydrogen) atoms. The third-order valence-corrected chi connectivity index (χ3v) is 2.73. The van der Waals surface area contributed by atoms with Gasteiger partial charge in [-0.25, -0.2) is 14.6 Å². The zero-order chi connectivity index (χ0) is 16.8. The molecule has 2 aromatic rings. The first-order chi connectivity index (χ1) is 11.0. The molecule has 2 N–H and O–H groups in total. The molecule has 0 atom stereocenters. The highest BCUT2D eigenvalue weighted by molar-refractivity contribution is 5.96. The molecule has 1 aromatic heterocycles. The van der Waals surface area contributed by atoms with Crippen molar-refractivity contribution in [2.45, 2.75) is 0 Å². The molecule has 0 bridgehead atoms. The molecule has 0 saturated heterocycles. The van der Waals surface area contributed by atoms with Crippen molar-refractivity contribution < 1.29 is 24.5 Å². The Kier molecular flexibility index (Phi) is 4.69. The summed E-state index contributed by atoms with van der Waals surface area (Å²) in [6, 6.07) is 10.2. The number of hydrogen-bond acceptors (Lipinski definition) is 6. The standard InChI is InChI=1S/C16H10N2O5/c17-9-11(15(20)21)8-10-3-5-12(6-4-10)23-16(22)14-13(19)2-1-7-18-14/h1-8,19H,(H,20,21). The molecule has 0 fully saturated rings. The Morgan fingerprint density at radius 3 is 2.48 bits per heavy atom. The van der Waals surface area contributed by atoms with Gasteiger partial charge in [-0.3, -0.25) is 0 Å². The minimum absolute atomic E-state index is 0.186.